The molecule has 0 unspecified atom stereocenters. The van der Waals surface area contributed by atoms with Crippen LogP contribution < -0.4 is 15.4 Å². The van der Waals surface area contributed by atoms with Crippen LogP contribution in [0.1, 0.15) is 30.3 Å². The van der Waals surface area contributed by atoms with Crippen LogP contribution >= 0.6 is 0 Å². The van der Waals surface area contributed by atoms with E-state index >= 15 is 0 Å². The number of piperazine rings is 1. The van der Waals surface area contributed by atoms with Crippen molar-refractivity contribution in [1.29, 1.82) is 0 Å². The third-order valence-electron chi connectivity index (χ3n) is 5.43. The van der Waals surface area contributed by atoms with Crippen molar-refractivity contribution in [3.05, 3.63) is 40.3 Å². The van der Waals surface area contributed by atoms with Gasteiger partial charge in [0.05, 0.1) is 12.0 Å². The van der Waals surface area contributed by atoms with Crippen LogP contribution in [-0.4, -0.2) is 70.6 Å². The van der Waals surface area contributed by atoms with Crippen LogP contribution in [0.3, 0.4) is 0 Å². The van der Waals surface area contributed by atoms with Crippen molar-refractivity contribution in [1.82, 2.24) is 24.4 Å². The maximum Gasteiger partial charge on any atom is 0.254 e. The van der Waals surface area contributed by atoms with Crippen LogP contribution in [0.25, 0.3) is 0 Å². The third-order valence-corrected chi connectivity index (χ3v) is 5.43. The SMILES string of the molecule is Cc1nc(N(C)C)cc(N2CCN(C(=O)Cn3cnc(C4CC4)cc3=O)CC2)n1. The smallest absolute Gasteiger partial charge is 0.254 e. The Balaban J connectivity index is 1.37. The average molecular weight is 397 g/mol. The number of aryl methyl sites for hydroxylation is 1. The van der Waals surface area contributed by atoms with Crippen LogP contribution in [0.5, 0.6) is 0 Å². The van der Waals surface area contributed by atoms with Crippen LogP contribution in [0.4, 0.5) is 11.6 Å². The fourth-order valence-corrected chi connectivity index (χ4v) is 3.52. The molecule has 1 amide bonds. The molecule has 154 valence electrons. The first-order valence-corrected chi connectivity index (χ1v) is 10.0. The quantitative estimate of drug-likeness (QED) is 0.731. The van der Waals surface area contributed by atoms with E-state index in [-0.39, 0.29) is 18.0 Å². The molecule has 1 saturated heterocycles. The Labute approximate surface area is 170 Å². The lowest BCUT2D eigenvalue weighted by Crippen LogP contribution is -2.50. The molecule has 4 rings (SSSR count). The monoisotopic (exact) mass is 397 g/mol. The Morgan fingerprint density at radius 3 is 2.48 bits per heavy atom. The molecule has 0 bridgehead atoms. The highest BCUT2D eigenvalue weighted by Crippen LogP contribution is 2.38. The Bertz CT molecular complexity index is 960. The minimum Gasteiger partial charge on any atom is -0.363 e. The molecule has 0 atom stereocenters. The Kier molecular flexibility index (Phi) is 5.21. The molecule has 0 radical (unpaired) electrons. The Hall–Kier alpha value is -2.97. The lowest BCUT2D eigenvalue weighted by atomic mass is 10.3. The highest BCUT2D eigenvalue weighted by molar-refractivity contribution is 5.76. The van der Waals surface area contributed by atoms with Gasteiger partial charge in [0.1, 0.15) is 24.0 Å². The maximum absolute atomic E-state index is 12.7. The number of hydrogen-bond donors (Lipinski definition) is 0. The zero-order chi connectivity index (χ0) is 20.5. The summed E-state index contributed by atoms with van der Waals surface area (Å²) in [4.78, 5) is 44.2. The van der Waals surface area contributed by atoms with E-state index in [0.29, 0.717) is 32.1 Å². The summed E-state index contributed by atoms with van der Waals surface area (Å²) >= 11 is 0. The summed E-state index contributed by atoms with van der Waals surface area (Å²) in [6.45, 7) is 4.51. The maximum atomic E-state index is 12.7. The topological polar surface area (TPSA) is 87.5 Å². The van der Waals surface area contributed by atoms with Crippen molar-refractivity contribution in [2.45, 2.75) is 32.2 Å². The number of aromatic nitrogens is 4. The predicted octanol–water partition coefficient (Wildman–Crippen LogP) is 0.634. The molecule has 0 spiro atoms. The van der Waals surface area contributed by atoms with Crippen LogP contribution in [0.2, 0.25) is 0 Å². The minimum absolute atomic E-state index is 0.0359. The standard InChI is InChI=1S/C20H27N7O2/c1-14-22-17(24(2)3)11-18(23-14)25-6-8-26(9-7-25)20(29)12-27-13-21-16(10-19(27)28)15-4-5-15/h10-11,13,15H,4-9,12H2,1-3H3. The van der Waals surface area contributed by atoms with Gasteiger partial charge in [-0.3, -0.25) is 14.2 Å². The molecular formula is C20H27N7O2. The van der Waals surface area contributed by atoms with E-state index in [1.807, 2.05) is 32.0 Å². The number of carbonyl (C=O) groups excluding carboxylic acids is 1. The second-order valence-electron chi connectivity index (χ2n) is 7.95. The van der Waals surface area contributed by atoms with Gasteiger partial charge in [0.15, 0.2) is 0 Å². The van der Waals surface area contributed by atoms with Gasteiger partial charge in [-0.15, -0.1) is 0 Å². The lowest BCUT2D eigenvalue weighted by Gasteiger charge is -2.35. The van der Waals surface area contributed by atoms with E-state index in [9.17, 15) is 9.59 Å². The van der Waals surface area contributed by atoms with Crippen molar-refractivity contribution >= 4 is 17.5 Å². The number of rotatable bonds is 5. The lowest BCUT2D eigenvalue weighted by molar-refractivity contribution is -0.132. The Morgan fingerprint density at radius 2 is 1.86 bits per heavy atom. The van der Waals surface area contributed by atoms with Crippen molar-refractivity contribution in [2.24, 2.45) is 0 Å². The van der Waals surface area contributed by atoms with Gasteiger partial charge in [0.25, 0.3) is 5.56 Å². The molecule has 9 heteroatoms. The van der Waals surface area contributed by atoms with E-state index in [2.05, 4.69) is 19.9 Å². The molecule has 1 saturated carbocycles. The largest absolute Gasteiger partial charge is 0.363 e. The summed E-state index contributed by atoms with van der Waals surface area (Å²) in [6.07, 6.45) is 3.71. The molecule has 0 aromatic carbocycles. The summed E-state index contributed by atoms with van der Waals surface area (Å²) in [5, 5.41) is 0. The highest BCUT2D eigenvalue weighted by atomic mass is 16.2. The molecule has 2 aliphatic rings. The molecule has 2 aromatic heterocycles. The van der Waals surface area contributed by atoms with E-state index in [0.717, 1.165) is 36.0 Å². The molecule has 1 aliphatic heterocycles. The molecular weight excluding hydrogens is 370 g/mol. The fraction of sp³-hybridized carbons (Fsp3) is 0.550. The zero-order valence-electron chi connectivity index (χ0n) is 17.2. The van der Waals surface area contributed by atoms with Gasteiger partial charge in [-0.2, -0.15) is 0 Å². The van der Waals surface area contributed by atoms with Crippen LogP contribution in [0, 0.1) is 6.92 Å². The first-order chi connectivity index (χ1) is 13.9. The van der Waals surface area contributed by atoms with E-state index < -0.39 is 0 Å². The normalized spacial score (nSPS) is 16.8. The Morgan fingerprint density at radius 1 is 1.14 bits per heavy atom. The summed E-state index contributed by atoms with van der Waals surface area (Å²) in [6, 6.07) is 3.54. The van der Waals surface area contributed by atoms with Crippen molar-refractivity contribution < 1.29 is 4.79 Å². The fourth-order valence-electron chi connectivity index (χ4n) is 3.52. The van der Waals surface area contributed by atoms with Gasteiger partial charge in [-0.05, 0) is 19.8 Å². The summed E-state index contributed by atoms with van der Waals surface area (Å²) in [5.74, 6) is 2.85. The van der Waals surface area contributed by atoms with E-state index in [4.69, 9.17) is 0 Å². The summed E-state index contributed by atoms with van der Waals surface area (Å²) < 4.78 is 1.40. The molecule has 2 fully saturated rings. The van der Waals surface area contributed by atoms with Crippen molar-refractivity contribution in [3.8, 4) is 0 Å². The van der Waals surface area contributed by atoms with Gasteiger partial charge >= 0.3 is 0 Å². The highest BCUT2D eigenvalue weighted by Gasteiger charge is 2.26. The van der Waals surface area contributed by atoms with Gasteiger partial charge in [-0.1, -0.05) is 0 Å². The number of hydrogen-bond acceptors (Lipinski definition) is 7. The third kappa shape index (κ3) is 4.38. The zero-order valence-corrected chi connectivity index (χ0v) is 17.2. The molecule has 9 nitrogen and oxygen atoms in total. The second kappa shape index (κ2) is 7.81. The minimum atomic E-state index is -0.151. The van der Waals surface area contributed by atoms with Crippen LogP contribution in [0.15, 0.2) is 23.3 Å². The summed E-state index contributed by atoms with van der Waals surface area (Å²) in [7, 11) is 3.91. The summed E-state index contributed by atoms with van der Waals surface area (Å²) in [5.41, 5.74) is 0.700. The predicted molar refractivity (Wildman–Crippen MR) is 110 cm³/mol. The van der Waals surface area contributed by atoms with Gasteiger partial charge in [0, 0.05) is 58.3 Å². The molecule has 3 heterocycles. The van der Waals surface area contributed by atoms with Crippen LogP contribution in [-0.2, 0) is 11.3 Å². The number of nitrogens with zero attached hydrogens (tertiary/aromatic N) is 7. The molecule has 1 aliphatic carbocycles. The van der Waals surface area contributed by atoms with E-state index in [1.165, 1.54) is 10.9 Å². The number of carbonyl (C=O) groups is 1. The second-order valence-corrected chi connectivity index (χ2v) is 7.95. The number of anilines is 2. The van der Waals surface area contributed by atoms with E-state index in [1.54, 1.807) is 11.0 Å². The van der Waals surface area contributed by atoms with Crippen molar-refractivity contribution in [3.63, 3.8) is 0 Å². The first-order valence-electron chi connectivity index (χ1n) is 10.0. The van der Waals surface area contributed by atoms with Crippen molar-refractivity contribution in [2.75, 3.05) is 50.1 Å². The average Bonchev–Trinajstić information content (AvgIpc) is 3.54. The van der Waals surface area contributed by atoms with Gasteiger partial charge in [-0.25, -0.2) is 15.0 Å². The first kappa shape index (κ1) is 19.4. The molecule has 29 heavy (non-hydrogen) atoms. The molecule has 2 aromatic rings. The molecule has 0 N–H and O–H groups in total. The number of amides is 1. The van der Waals surface area contributed by atoms with Gasteiger partial charge < -0.3 is 14.7 Å². The van der Waals surface area contributed by atoms with Gasteiger partial charge in [0.2, 0.25) is 5.91 Å².